The molecular formula is C18H15FN6OS. The second kappa shape index (κ2) is 7.28. The van der Waals surface area contributed by atoms with Crippen LogP contribution in [0.4, 0.5) is 4.39 Å². The number of aromatic nitrogens is 6. The highest BCUT2D eigenvalue weighted by Crippen LogP contribution is 2.26. The largest absolute Gasteiger partial charge is 0.338 e. The van der Waals surface area contributed by atoms with Gasteiger partial charge in [-0.3, -0.25) is 4.98 Å². The molecule has 0 saturated heterocycles. The summed E-state index contributed by atoms with van der Waals surface area (Å²) in [5.41, 5.74) is 1.99. The van der Waals surface area contributed by atoms with Gasteiger partial charge in [-0.05, 0) is 31.2 Å². The third-order valence-electron chi connectivity index (χ3n) is 3.88. The van der Waals surface area contributed by atoms with Crippen molar-refractivity contribution in [2.75, 3.05) is 0 Å². The minimum Gasteiger partial charge on any atom is -0.338 e. The van der Waals surface area contributed by atoms with Crippen LogP contribution in [0.2, 0.25) is 0 Å². The zero-order valence-electron chi connectivity index (χ0n) is 14.6. The van der Waals surface area contributed by atoms with Crippen LogP contribution in [-0.4, -0.2) is 29.9 Å². The summed E-state index contributed by atoms with van der Waals surface area (Å²) in [6, 6.07) is 10.4. The third kappa shape index (κ3) is 3.59. The number of rotatable bonds is 5. The van der Waals surface area contributed by atoms with Crippen molar-refractivity contribution in [1.82, 2.24) is 29.9 Å². The van der Waals surface area contributed by atoms with Crippen LogP contribution in [0.3, 0.4) is 0 Å². The Bertz CT molecular complexity index is 1080. The summed E-state index contributed by atoms with van der Waals surface area (Å²) in [7, 11) is 1.87. The molecule has 0 aliphatic heterocycles. The number of thioether (sulfide) groups is 1. The van der Waals surface area contributed by atoms with Crippen molar-refractivity contribution in [1.29, 1.82) is 0 Å². The van der Waals surface area contributed by atoms with Crippen LogP contribution >= 0.6 is 11.8 Å². The summed E-state index contributed by atoms with van der Waals surface area (Å²) in [5.74, 6) is 1.31. The molecule has 0 unspecified atom stereocenters. The van der Waals surface area contributed by atoms with Crippen LogP contribution in [0.1, 0.15) is 11.5 Å². The molecule has 0 aliphatic rings. The second-order valence-electron chi connectivity index (χ2n) is 5.86. The van der Waals surface area contributed by atoms with E-state index in [1.165, 1.54) is 17.8 Å². The van der Waals surface area contributed by atoms with E-state index in [2.05, 4.69) is 25.3 Å². The molecule has 1 aromatic carbocycles. The van der Waals surface area contributed by atoms with Gasteiger partial charge in [0, 0.05) is 13.2 Å². The van der Waals surface area contributed by atoms with Crippen molar-refractivity contribution in [3.8, 4) is 22.9 Å². The summed E-state index contributed by atoms with van der Waals surface area (Å²) in [6.45, 7) is 1.88. The van der Waals surface area contributed by atoms with Gasteiger partial charge in [0.1, 0.15) is 11.5 Å². The van der Waals surface area contributed by atoms with E-state index in [-0.39, 0.29) is 11.6 Å². The molecule has 0 N–H and O–H groups in total. The quantitative estimate of drug-likeness (QED) is 0.487. The highest BCUT2D eigenvalue weighted by atomic mass is 32.2. The lowest BCUT2D eigenvalue weighted by Crippen LogP contribution is -1.96. The lowest BCUT2D eigenvalue weighted by atomic mass is 10.1. The Morgan fingerprint density at radius 2 is 2.07 bits per heavy atom. The van der Waals surface area contributed by atoms with E-state index in [4.69, 9.17) is 4.52 Å². The molecule has 9 heteroatoms. The minimum atomic E-state index is -0.381. The molecule has 7 nitrogen and oxygen atoms in total. The van der Waals surface area contributed by atoms with Gasteiger partial charge in [0.25, 0.3) is 0 Å². The first-order valence-electron chi connectivity index (χ1n) is 8.14. The molecule has 3 heterocycles. The Balaban J connectivity index is 1.50. The van der Waals surface area contributed by atoms with Gasteiger partial charge in [-0.2, -0.15) is 4.98 Å². The summed E-state index contributed by atoms with van der Waals surface area (Å²) >= 11 is 1.40. The van der Waals surface area contributed by atoms with Gasteiger partial charge in [0.2, 0.25) is 11.7 Å². The van der Waals surface area contributed by atoms with Gasteiger partial charge in [-0.15, -0.1) is 10.2 Å². The summed E-state index contributed by atoms with van der Waals surface area (Å²) in [6.07, 6.45) is 1.71. The van der Waals surface area contributed by atoms with E-state index >= 15 is 0 Å². The molecule has 4 rings (SSSR count). The van der Waals surface area contributed by atoms with Crippen molar-refractivity contribution in [3.05, 3.63) is 59.9 Å². The van der Waals surface area contributed by atoms with E-state index in [0.29, 0.717) is 28.2 Å². The maximum atomic E-state index is 14.0. The fourth-order valence-electron chi connectivity index (χ4n) is 2.52. The molecule has 0 atom stereocenters. The fourth-order valence-corrected chi connectivity index (χ4v) is 3.27. The molecule has 0 amide bonds. The number of nitrogens with zero attached hydrogens (tertiary/aromatic N) is 6. The van der Waals surface area contributed by atoms with Crippen LogP contribution in [-0.2, 0) is 12.8 Å². The predicted molar refractivity (Wildman–Crippen MR) is 98.2 cm³/mol. The van der Waals surface area contributed by atoms with Gasteiger partial charge in [0.15, 0.2) is 11.0 Å². The average Bonchev–Trinajstić information content (AvgIpc) is 3.29. The smallest absolute Gasteiger partial charge is 0.237 e. The Morgan fingerprint density at radius 1 is 1.19 bits per heavy atom. The van der Waals surface area contributed by atoms with Crippen LogP contribution in [0.25, 0.3) is 22.9 Å². The first-order chi connectivity index (χ1) is 13.1. The number of halogens is 1. The standard InChI is InChI=1S/C18H15FN6OS/c1-11-6-7-13(19)12(9-11)16-21-15(26-24-16)10-27-18-23-22-17(25(18)2)14-5-3-4-8-20-14/h3-9H,10H2,1-2H3. The first kappa shape index (κ1) is 17.3. The van der Waals surface area contributed by atoms with Crippen molar-refractivity contribution in [2.45, 2.75) is 17.8 Å². The van der Waals surface area contributed by atoms with E-state index in [1.54, 1.807) is 18.3 Å². The van der Waals surface area contributed by atoms with Crippen LogP contribution in [0.15, 0.2) is 52.3 Å². The molecule has 0 radical (unpaired) electrons. The van der Waals surface area contributed by atoms with Crippen LogP contribution in [0, 0.1) is 12.7 Å². The maximum Gasteiger partial charge on any atom is 0.237 e. The summed E-state index contributed by atoms with van der Waals surface area (Å²) in [4.78, 5) is 8.57. The predicted octanol–water partition coefficient (Wildman–Crippen LogP) is 3.67. The van der Waals surface area contributed by atoms with Crippen molar-refractivity contribution in [2.24, 2.45) is 7.05 Å². The Labute approximate surface area is 158 Å². The van der Waals surface area contributed by atoms with Gasteiger partial charge >= 0.3 is 0 Å². The number of pyridine rings is 1. The van der Waals surface area contributed by atoms with Crippen LogP contribution in [0.5, 0.6) is 0 Å². The molecule has 136 valence electrons. The van der Waals surface area contributed by atoms with Crippen molar-refractivity contribution >= 4 is 11.8 Å². The van der Waals surface area contributed by atoms with E-state index in [1.807, 2.05) is 36.7 Å². The Kier molecular flexibility index (Phi) is 4.68. The molecule has 0 spiro atoms. The lowest BCUT2D eigenvalue weighted by molar-refractivity contribution is 0.391. The zero-order valence-corrected chi connectivity index (χ0v) is 15.4. The third-order valence-corrected chi connectivity index (χ3v) is 4.89. The number of hydrogen-bond acceptors (Lipinski definition) is 7. The molecule has 27 heavy (non-hydrogen) atoms. The molecule has 0 fully saturated rings. The highest BCUT2D eigenvalue weighted by molar-refractivity contribution is 7.98. The number of benzene rings is 1. The van der Waals surface area contributed by atoms with Crippen molar-refractivity contribution < 1.29 is 8.91 Å². The second-order valence-corrected chi connectivity index (χ2v) is 6.81. The molecule has 3 aromatic heterocycles. The topological polar surface area (TPSA) is 82.5 Å². The van der Waals surface area contributed by atoms with E-state index in [9.17, 15) is 4.39 Å². The molecule has 0 saturated carbocycles. The monoisotopic (exact) mass is 382 g/mol. The summed E-state index contributed by atoms with van der Waals surface area (Å²) < 4.78 is 21.1. The van der Waals surface area contributed by atoms with Crippen LogP contribution < -0.4 is 0 Å². The maximum absolute atomic E-state index is 14.0. The average molecular weight is 382 g/mol. The van der Waals surface area contributed by atoms with Gasteiger partial charge < -0.3 is 9.09 Å². The van der Waals surface area contributed by atoms with E-state index in [0.717, 1.165) is 11.3 Å². The first-order valence-corrected chi connectivity index (χ1v) is 9.13. The molecule has 0 aliphatic carbocycles. The summed E-state index contributed by atoms with van der Waals surface area (Å²) in [5, 5.41) is 12.9. The van der Waals surface area contributed by atoms with E-state index < -0.39 is 0 Å². The normalized spacial score (nSPS) is 11.1. The molecule has 4 aromatic rings. The highest BCUT2D eigenvalue weighted by Gasteiger charge is 2.16. The number of aryl methyl sites for hydroxylation is 1. The Hall–Kier alpha value is -3.07. The zero-order chi connectivity index (χ0) is 18.8. The lowest BCUT2D eigenvalue weighted by Gasteiger charge is -2.01. The fraction of sp³-hybridized carbons (Fsp3) is 0.167. The molecule has 0 bridgehead atoms. The number of hydrogen-bond donors (Lipinski definition) is 0. The SMILES string of the molecule is Cc1ccc(F)c(-c2noc(CSc3nnc(-c4ccccn4)n3C)n2)c1. The Morgan fingerprint density at radius 3 is 2.89 bits per heavy atom. The van der Waals surface area contributed by atoms with Gasteiger partial charge in [0.05, 0.1) is 11.3 Å². The van der Waals surface area contributed by atoms with Gasteiger partial charge in [-0.1, -0.05) is 34.6 Å². The van der Waals surface area contributed by atoms with Gasteiger partial charge in [-0.25, -0.2) is 4.39 Å². The minimum absolute atomic E-state index is 0.235. The van der Waals surface area contributed by atoms with Crippen molar-refractivity contribution in [3.63, 3.8) is 0 Å². The molecular weight excluding hydrogens is 367 g/mol.